The van der Waals surface area contributed by atoms with Crippen molar-refractivity contribution in [3.05, 3.63) is 76.2 Å². The average Bonchev–Trinajstić information content (AvgIpc) is 2.73. The molecule has 0 atom stereocenters. The van der Waals surface area contributed by atoms with Crippen LogP contribution < -0.4 is 10.6 Å². The maximum absolute atomic E-state index is 12.9. The number of hydrogen-bond donors (Lipinski definition) is 1. The van der Waals surface area contributed by atoms with E-state index in [1.165, 1.54) is 5.56 Å². The van der Waals surface area contributed by atoms with E-state index in [-0.39, 0.29) is 5.78 Å². The first kappa shape index (κ1) is 20.0. The van der Waals surface area contributed by atoms with Gasteiger partial charge in [0, 0.05) is 37.7 Å². The van der Waals surface area contributed by atoms with E-state index in [1.54, 1.807) is 6.20 Å². The molecule has 1 aliphatic rings. The zero-order valence-corrected chi connectivity index (χ0v) is 17.7. The van der Waals surface area contributed by atoms with Gasteiger partial charge in [0.05, 0.1) is 5.69 Å². The second-order valence-electron chi connectivity index (χ2n) is 8.26. The van der Waals surface area contributed by atoms with E-state index in [0.717, 1.165) is 41.2 Å². The monoisotopic (exact) mass is 401 g/mol. The lowest BCUT2D eigenvalue weighted by Crippen LogP contribution is -2.32. The van der Waals surface area contributed by atoms with Crippen molar-refractivity contribution in [2.24, 2.45) is 0 Å². The quantitative estimate of drug-likeness (QED) is 0.653. The Bertz CT molecular complexity index is 1080. The number of aryl methyl sites for hydroxylation is 1. The third-order valence-corrected chi connectivity index (χ3v) is 5.53. The molecule has 4 rings (SSSR count). The number of nitrogen functional groups attached to an aromatic ring is 1. The van der Waals surface area contributed by atoms with Crippen LogP contribution in [0.15, 0.2) is 42.6 Å². The summed E-state index contributed by atoms with van der Waals surface area (Å²) in [5.41, 5.74) is 11.6. The Hall–Kier alpha value is -3.28. The first-order valence-corrected chi connectivity index (χ1v) is 10.3. The second kappa shape index (κ2) is 8.22. The molecule has 3 aromatic rings. The molecular formula is C24H27N5O. The van der Waals surface area contributed by atoms with Gasteiger partial charge in [-0.3, -0.25) is 4.79 Å². The molecular weight excluding hydrogens is 374 g/mol. The van der Waals surface area contributed by atoms with E-state index < -0.39 is 0 Å². The minimum absolute atomic E-state index is 0.0331. The van der Waals surface area contributed by atoms with E-state index in [0.29, 0.717) is 30.5 Å². The number of carbonyl (C=O) groups excluding carboxylic acids is 1. The molecule has 0 spiro atoms. The van der Waals surface area contributed by atoms with Crippen molar-refractivity contribution >= 4 is 17.5 Å². The van der Waals surface area contributed by atoms with Gasteiger partial charge in [0.25, 0.3) is 0 Å². The van der Waals surface area contributed by atoms with Gasteiger partial charge in [0.2, 0.25) is 5.95 Å². The molecule has 0 saturated heterocycles. The highest BCUT2D eigenvalue weighted by molar-refractivity contribution is 5.96. The number of hydrogen-bond acceptors (Lipinski definition) is 6. The van der Waals surface area contributed by atoms with Gasteiger partial charge in [-0.25, -0.2) is 15.0 Å². The Morgan fingerprint density at radius 2 is 1.93 bits per heavy atom. The summed E-state index contributed by atoms with van der Waals surface area (Å²) in [7, 11) is 0. The van der Waals surface area contributed by atoms with Crippen LogP contribution in [0.2, 0.25) is 0 Å². The number of fused-ring (bicyclic) bond motifs is 1. The summed E-state index contributed by atoms with van der Waals surface area (Å²) in [6, 6.07) is 12.2. The van der Waals surface area contributed by atoms with Crippen molar-refractivity contribution in [3.8, 4) is 0 Å². The number of benzene rings is 1. The van der Waals surface area contributed by atoms with Crippen LogP contribution in [0.4, 0.5) is 11.8 Å². The smallest absolute Gasteiger partial charge is 0.220 e. The summed E-state index contributed by atoms with van der Waals surface area (Å²) in [6.07, 6.45) is 2.92. The standard InChI is InChI=1S/C24H27N5O/c1-15(2)18-6-4-17(5-7-18)12-22(30)21-10-16(3)11-23(27-21)29-9-8-20-19(14-29)13-26-24(25)28-20/h4-7,10-11,13,15H,8-9,12,14H2,1-3H3,(H2,25,26,28). The molecule has 0 saturated carbocycles. The lowest BCUT2D eigenvalue weighted by molar-refractivity contribution is 0.0988. The fourth-order valence-electron chi connectivity index (χ4n) is 3.78. The highest BCUT2D eigenvalue weighted by Gasteiger charge is 2.21. The lowest BCUT2D eigenvalue weighted by atomic mass is 9.99. The summed E-state index contributed by atoms with van der Waals surface area (Å²) >= 11 is 0. The fourth-order valence-corrected chi connectivity index (χ4v) is 3.78. The number of ketones is 1. The molecule has 0 bridgehead atoms. The van der Waals surface area contributed by atoms with Crippen molar-refractivity contribution in [2.45, 2.75) is 46.1 Å². The number of pyridine rings is 1. The molecule has 0 aliphatic carbocycles. The van der Waals surface area contributed by atoms with E-state index in [1.807, 2.05) is 31.2 Å². The third-order valence-electron chi connectivity index (χ3n) is 5.53. The number of nitrogens with zero attached hydrogens (tertiary/aromatic N) is 4. The molecule has 6 nitrogen and oxygen atoms in total. The SMILES string of the molecule is Cc1cc(C(=O)Cc2ccc(C(C)C)cc2)nc(N2CCc3nc(N)ncc3C2)c1. The van der Waals surface area contributed by atoms with Crippen LogP contribution in [0.3, 0.4) is 0 Å². The van der Waals surface area contributed by atoms with Gasteiger partial charge in [0.15, 0.2) is 5.78 Å². The Labute approximate surface area is 177 Å². The topological polar surface area (TPSA) is 85.0 Å². The summed E-state index contributed by atoms with van der Waals surface area (Å²) in [5, 5.41) is 0. The molecule has 1 aromatic carbocycles. The summed E-state index contributed by atoms with van der Waals surface area (Å²) < 4.78 is 0. The molecule has 1 aliphatic heterocycles. The van der Waals surface area contributed by atoms with E-state index in [9.17, 15) is 4.79 Å². The Morgan fingerprint density at radius 3 is 2.67 bits per heavy atom. The van der Waals surface area contributed by atoms with Crippen molar-refractivity contribution in [2.75, 3.05) is 17.2 Å². The lowest BCUT2D eigenvalue weighted by Gasteiger charge is -2.29. The first-order chi connectivity index (χ1) is 14.4. The zero-order chi connectivity index (χ0) is 21.3. The van der Waals surface area contributed by atoms with Crippen LogP contribution in [0.5, 0.6) is 0 Å². The number of rotatable bonds is 5. The molecule has 2 N–H and O–H groups in total. The largest absolute Gasteiger partial charge is 0.368 e. The summed E-state index contributed by atoms with van der Waals surface area (Å²) in [6.45, 7) is 7.78. The number of aromatic nitrogens is 3. The first-order valence-electron chi connectivity index (χ1n) is 10.3. The van der Waals surface area contributed by atoms with Crippen LogP contribution in [-0.2, 0) is 19.4 Å². The summed E-state index contributed by atoms with van der Waals surface area (Å²) in [5.74, 6) is 1.64. The van der Waals surface area contributed by atoms with Crippen LogP contribution in [0.25, 0.3) is 0 Å². The average molecular weight is 402 g/mol. The highest BCUT2D eigenvalue weighted by Crippen LogP contribution is 2.24. The summed E-state index contributed by atoms with van der Waals surface area (Å²) in [4.78, 5) is 28.3. The number of anilines is 2. The van der Waals surface area contributed by atoms with Gasteiger partial charge in [-0.1, -0.05) is 38.1 Å². The number of Topliss-reactive ketones (excluding diaryl/α,β-unsaturated/α-hetero) is 1. The van der Waals surface area contributed by atoms with Crippen LogP contribution in [-0.4, -0.2) is 27.3 Å². The molecule has 3 heterocycles. The fraction of sp³-hybridized carbons (Fsp3) is 0.333. The normalized spacial score (nSPS) is 13.4. The van der Waals surface area contributed by atoms with Crippen molar-refractivity contribution < 1.29 is 4.79 Å². The minimum Gasteiger partial charge on any atom is -0.368 e. The van der Waals surface area contributed by atoms with Crippen molar-refractivity contribution in [3.63, 3.8) is 0 Å². The maximum Gasteiger partial charge on any atom is 0.220 e. The molecule has 0 amide bonds. The molecule has 154 valence electrons. The molecule has 0 radical (unpaired) electrons. The minimum atomic E-state index is 0.0331. The van der Waals surface area contributed by atoms with Gasteiger partial charge >= 0.3 is 0 Å². The highest BCUT2D eigenvalue weighted by atomic mass is 16.1. The van der Waals surface area contributed by atoms with Crippen LogP contribution in [0, 0.1) is 6.92 Å². The van der Waals surface area contributed by atoms with Crippen molar-refractivity contribution in [1.82, 2.24) is 15.0 Å². The molecule has 2 aromatic heterocycles. The third kappa shape index (κ3) is 4.32. The molecule has 0 fully saturated rings. The van der Waals surface area contributed by atoms with Gasteiger partial charge in [-0.05, 0) is 41.7 Å². The van der Waals surface area contributed by atoms with Gasteiger partial charge in [-0.15, -0.1) is 0 Å². The molecule has 0 unspecified atom stereocenters. The Balaban J connectivity index is 1.53. The van der Waals surface area contributed by atoms with Crippen molar-refractivity contribution in [1.29, 1.82) is 0 Å². The zero-order valence-electron chi connectivity index (χ0n) is 17.7. The van der Waals surface area contributed by atoms with Gasteiger partial charge in [0.1, 0.15) is 11.5 Å². The second-order valence-corrected chi connectivity index (χ2v) is 8.26. The Morgan fingerprint density at radius 1 is 1.17 bits per heavy atom. The van der Waals surface area contributed by atoms with E-state index >= 15 is 0 Å². The predicted octanol–water partition coefficient (Wildman–Crippen LogP) is 3.87. The van der Waals surface area contributed by atoms with E-state index in [4.69, 9.17) is 10.7 Å². The predicted molar refractivity (Wildman–Crippen MR) is 119 cm³/mol. The molecule has 6 heteroatoms. The van der Waals surface area contributed by atoms with Crippen LogP contribution in [0.1, 0.15) is 58.2 Å². The maximum atomic E-state index is 12.9. The Kier molecular flexibility index (Phi) is 5.48. The van der Waals surface area contributed by atoms with Gasteiger partial charge in [-0.2, -0.15) is 0 Å². The van der Waals surface area contributed by atoms with Gasteiger partial charge < -0.3 is 10.6 Å². The number of nitrogens with two attached hydrogens (primary N) is 1. The van der Waals surface area contributed by atoms with Crippen LogP contribution >= 0.6 is 0 Å². The number of carbonyl (C=O) groups is 1. The molecule has 30 heavy (non-hydrogen) atoms. The van der Waals surface area contributed by atoms with E-state index in [2.05, 4.69) is 40.8 Å².